The lowest BCUT2D eigenvalue weighted by Gasteiger charge is -2.32. The molecular formula is C54H35N6O2-. The van der Waals surface area contributed by atoms with Crippen molar-refractivity contribution >= 4 is 67.2 Å². The molecule has 2 atom stereocenters. The van der Waals surface area contributed by atoms with E-state index in [1.807, 2.05) is 115 Å². The number of rotatable bonds is 7. The van der Waals surface area contributed by atoms with Crippen LogP contribution in [0.25, 0.3) is 60.3 Å². The first-order chi connectivity index (χ1) is 30.7. The van der Waals surface area contributed by atoms with Crippen LogP contribution in [0, 0.1) is 0 Å². The van der Waals surface area contributed by atoms with Crippen molar-refractivity contribution < 1.29 is 8.83 Å². The van der Waals surface area contributed by atoms with E-state index in [2.05, 4.69) is 84.2 Å². The van der Waals surface area contributed by atoms with Gasteiger partial charge in [-0.2, -0.15) is 0 Å². The standard InChI is InChI=1S/C54H35N6O2/c1-4-15-34(16-5-1)49-55-50(35-17-6-2-7-18-35)57-52(56-49)37-29-27-33(28-30-37)43-31-38(32-46-47(43)41-22-11-13-26-45(41)61-46)53-58-51(36-19-8-3-9-20-36)59-54(60-53)42-24-14-23-40-39-21-10-12-25-44(39)62-48(40)42/h1-32,49,51H,(H-,55,56,57,58,59,60)/q-1. The summed E-state index contributed by atoms with van der Waals surface area (Å²) in [4.78, 5) is 20.4. The van der Waals surface area contributed by atoms with E-state index in [1.54, 1.807) is 0 Å². The van der Waals surface area contributed by atoms with Gasteiger partial charge in [-0.25, -0.2) is 9.98 Å². The quantitative estimate of drug-likeness (QED) is 0.174. The van der Waals surface area contributed by atoms with Crippen molar-refractivity contribution in [1.82, 2.24) is 5.32 Å². The Kier molecular flexibility index (Phi) is 8.45. The molecule has 1 N–H and O–H groups in total. The molecule has 4 heterocycles. The summed E-state index contributed by atoms with van der Waals surface area (Å²) in [6.07, 6.45) is -0.820. The van der Waals surface area contributed by atoms with Gasteiger partial charge in [-0.15, -0.1) is 0 Å². The van der Waals surface area contributed by atoms with Crippen LogP contribution in [0.4, 0.5) is 0 Å². The van der Waals surface area contributed by atoms with Gasteiger partial charge in [0, 0.05) is 38.2 Å². The molecule has 2 aliphatic rings. The summed E-state index contributed by atoms with van der Waals surface area (Å²) >= 11 is 0. The number of hydrogen-bond acceptors (Lipinski definition) is 7. The van der Waals surface area contributed by atoms with Crippen molar-refractivity contribution in [3.63, 3.8) is 0 Å². The summed E-state index contributed by atoms with van der Waals surface area (Å²) < 4.78 is 13.1. The fourth-order valence-corrected chi connectivity index (χ4v) is 8.52. The third-order valence-corrected chi connectivity index (χ3v) is 11.5. The smallest absolute Gasteiger partial charge is 0.159 e. The first-order valence-electron chi connectivity index (χ1n) is 20.6. The monoisotopic (exact) mass is 799 g/mol. The molecule has 0 saturated heterocycles. The second-order valence-electron chi connectivity index (χ2n) is 15.4. The summed E-state index contributed by atoms with van der Waals surface area (Å²) in [5.41, 5.74) is 10.7. The summed E-state index contributed by atoms with van der Waals surface area (Å²) in [5, 5.41) is 12.9. The lowest BCUT2D eigenvalue weighted by atomic mass is 9.95. The lowest BCUT2D eigenvalue weighted by Crippen LogP contribution is -2.33. The van der Waals surface area contributed by atoms with Crippen molar-refractivity contribution in [2.75, 3.05) is 0 Å². The van der Waals surface area contributed by atoms with Crippen LogP contribution >= 0.6 is 0 Å². The molecule has 8 heteroatoms. The number of para-hydroxylation sites is 3. The van der Waals surface area contributed by atoms with Crippen LogP contribution in [0.2, 0.25) is 0 Å². The third-order valence-electron chi connectivity index (χ3n) is 11.5. The maximum atomic E-state index is 6.60. The van der Waals surface area contributed by atoms with Crippen molar-refractivity contribution in [3.05, 3.63) is 233 Å². The molecule has 0 spiro atoms. The zero-order valence-corrected chi connectivity index (χ0v) is 33.2. The SMILES string of the molecule is c1ccc(C2=NC(c3ccccc3)NC(c3ccc(-c4cc(C5=NC(c6cccc7c6oc6ccccc67)=NC(c6ccccc6)[N-]5)cc5oc6ccccc6c45)cc3)=N2)cc1. The number of nitrogens with one attached hydrogen (secondary N) is 1. The van der Waals surface area contributed by atoms with Gasteiger partial charge in [-0.1, -0.05) is 170 Å². The first-order valence-corrected chi connectivity index (χ1v) is 20.6. The highest BCUT2D eigenvalue weighted by molar-refractivity contribution is 6.24. The molecule has 8 nitrogen and oxygen atoms in total. The van der Waals surface area contributed by atoms with Crippen LogP contribution in [-0.2, 0) is 0 Å². The zero-order chi connectivity index (χ0) is 41.0. The van der Waals surface area contributed by atoms with Crippen LogP contribution in [0.3, 0.4) is 0 Å². The van der Waals surface area contributed by atoms with Gasteiger partial charge in [0.1, 0.15) is 34.3 Å². The Balaban J connectivity index is 0.984. The molecule has 0 saturated carbocycles. The van der Waals surface area contributed by atoms with E-state index in [4.69, 9.17) is 34.1 Å². The molecule has 2 unspecified atom stereocenters. The summed E-state index contributed by atoms with van der Waals surface area (Å²) in [5.74, 6) is 2.54. The first kappa shape index (κ1) is 35.6. The van der Waals surface area contributed by atoms with Gasteiger partial charge in [0.05, 0.1) is 12.0 Å². The fraction of sp³-hybridized carbons (Fsp3) is 0.0370. The van der Waals surface area contributed by atoms with Crippen LogP contribution in [0.5, 0.6) is 0 Å². The average Bonchev–Trinajstić information content (AvgIpc) is 3.93. The molecule has 0 fully saturated rings. The zero-order valence-electron chi connectivity index (χ0n) is 33.2. The second kappa shape index (κ2) is 14.7. The van der Waals surface area contributed by atoms with E-state index in [0.29, 0.717) is 17.5 Å². The molecule has 0 aliphatic carbocycles. The highest BCUT2D eigenvalue weighted by atomic mass is 16.3. The highest BCUT2D eigenvalue weighted by Crippen LogP contribution is 2.41. The van der Waals surface area contributed by atoms with E-state index < -0.39 is 6.17 Å². The van der Waals surface area contributed by atoms with E-state index in [9.17, 15) is 0 Å². The lowest BCUT2D eigenvalue weighted by molar-refractivity contribution is 0.667. The second-order valence-corrected chi connectivity index (χ2v) is 15.4. The normalized spacial score (nSPS) is 16.4. The number of fused-ring (bicyclic) bond motifs is 6. The van der Waals surface area contributed by atoms with E-state index in [-0.39, 0.29) is 6.17 Å². The van der Waals surface area contributed by atoms with E-state index >= 15 is 0 Å². The fourth-order valence-electron chi connectivity index (χ4n) is 8.52. The summed E-state index contributed by atoms with van der Waals surface area (Å²) in [6.45, 7) is 0. The maximum Gasteiger partial charge on any atom is 0.159 e. The van der Waals surface area contributed by atoms with Crippen molar-refractivity contribution in [2.45, 2.75) is 12.3 Å². The molecule has 8 aromatic carbocycles. The Labute approximate surface area is 356 Å². The molecule has 62 heavy (non-hydrogen) atoms. The van der Waals surface area contributed by atoms with Crippen LogP contribution in [0.15, 0.2) is 223 Å². The number of amidine groups is 4. The highest BCUT2D eigenvalue weighted by Gasteiger charge is 2.23. The molecule has 12 rings (SSSR count). The molecule has 0 radical (unpaired) electrons. The molecule has 0 amide bonds. The van der Waals surface area contributed by atoms with Gasteiger partial charge in [-0.3, -0.25) is 4.99 Å². The topological polar surface area (TPSA) is 102 Å². The van der Waals surface area contributed by atoms with Crippen LogP contribution in [0.1, 0.15) is 45.7 Å². The summed E-state index contributed by atoms with van der Waals surface area (Å²) in [7, 11) is 0. The van der Waals surface area contributed by atoms with Gasteiger partial charge in [0.15, 0.2) is 5.84 Å². The molecule has 10 aromatic rings. The largest absolute Gasteiger partial charge is 0.456 e. The minimum atomic E-state index is -0.528. The number of furan rings is 2. The molecule has 2 aromatic heterocycles. The van der Waals surface area contributed by atoms with Gasteiger partial charge in [-0.05, 0) is 58.1 Å². The Morgan fingerprint density at radius 1 is 0.435 bits per heavy atom. The number of hydrogen-bond donors (Lipinski definition) is 1. The predicted octanol–water partition coefficient (Wildman–Crippen LogP) is 12.9. The van der Waals surface area contributed by atoms with E-state index in [1.165, 1.54) is 0 Å². The van der Waals surface area contributed by atoms with Crippen LogP contribution in [-0.4, -0.2) is 23.3 Å². The van der Waals surface area contributed by atoms with Crippen molar-refractivity contribution in [1.29, 1.82) is 0 Å². The van der Waals surface area contributed by atoms with Gasteiger partial charge in [0.2, 0.25) is 0 Å². The third kappa shape index (κ3) is 6.24. The Hall–Kier alpha value is -8.36. The summed E-state index contributed by atoms with van der Waals surface area (Å²) in [6, 6.07) is 65.7. The van der Waals surface area contributed by atoms with Crippen LogP contribution < -0.4 is 5.32 Å². The number of benzene rings is 8. The Morgan fingerprint density at radius 2 is 1.08 bits per heavy atom. The van der Waals surface area contributed by atoms with Crippen molar-refractivity contribution in [2.24, 2.45) is 20.0 Å². The molecule has 294 valence electrons. The van der Waals surface area contributed by atoms with E-state index in [0.717, 1.165) is 94.2 Å². The molecular weight excluding hydrogens is 765 g/mol. The number of nitrogens with zero attached hydrogens (tertiary/aromatic N) is 5. The van der Waals surface area contributed by atoms with Gasteiger partial charge >= 0.3 is 0 Å². The maximum absolute atomic E-state index is 6.60. The van der Waals surface area contributed by atoms with Gasteiger partial charge < -0.3 is 24.5 Å². The average molecular weight is 800 g/mol. The minimum Gasteiger partial charge on any atom is -0.456 e. The minimum absolute atomic E-state index is 0.292. The molecule has 0 bridgehead atoms. The Morgan fingerprint density at radius 3 is 1.85 bits per heavy atom. The Bertz CT molecular complexity index is 3460. The molecule has 2 aliphatic heterocycles. The van der Waals surface area contributed by atoms with Gasteiger partial charge in [0.25, 0.3) is 0 Å². The predicted molar refractivity (Wildman–Crippen MR) is 250 cm³/mol. The number of aliphatic imine (C=N–C) groups is 4. The van der Waals surface area contributed by atoms with Crippen molar-refractivity contribution in [3.8, 4) is 11.1 Å².